The van der Waals surface area contributed by atoms with Crippen molar-refractivity contribution in [3.63, 3.8) is 0 Å². The van der Waals surface area contributed by atoms with Gasteiger partial charge in [-0.3, -0.25) is 0 Å². The smallest absolute Gasteiger partial charge is 0.192 e. The van der Waals surface area contributed by atoms with E-state index in [2.05, 4.69) is 40.8 Å². The maximum atomic E-state index is 11.4. The lowest BCUT2D eigenvalue weighted by atomic mass is 9.95. The van der Waals surface area contributed by atoms with Gasteiger partial charge in [0.05, 0.1) is 26.4 Å². The van der Waals surface area contributed by atoms with E-state index in [0.29, 0.717) is 13.2 Å². The summed E-state index contributed by atoms with van der Waals surface area (Å²) in [5.41, 5.74) is 1.10. The topological polar surface area (TPSA) is 44.8 Å². The zero-order chi connectivity index (χ0) is 20.0. The van der Waals surface area contributed by atoms with Crippen molar-refractivity contribution in [2.24, 2.45) is 11.8 Å². The Balaban J connectivity index is 2.68. The number of rotatable bonds is 10. The molecule has 5 heteroatoms. The Hall–Kier alpha value is -1.17. The Bertz CT molecular complexity index is 548. The lowest BCUT2D eigenvalue weighted by molar-refractivity contribution is -0.114. The average Bonchev–Trinajstić information content (AvgIpc) is 2.58. The molecule has 0 aliphatic heterocycles. The molecule has 1 aromatic rings. The van der Waals surface area contributed by atoms with E-state index in [0.717, 1.165) is 17.6 Å². The molecule has 0 aliphatic carbocycles. The molecule has 3 atom stereocenters. The van der Waals surface area contributed by atoms with Gasteiger partial charge in [-0.1, -0.05) is 46.8 Å². The number of aldehydes is 1. The van der Waals surface area contributed by atoms with E-state index in [4.69, 9.17) is 13.9 Å². The highest BCUT2D eigenvalue weighted by Crippen LogP contribution is 2.39. The summed E-state index contributed by atoms with van der Waals surface area (Å²) in [6, 6.07) is 7.86. The van der Waals surface area contributed by atoms with Gasteiger partial charge in [-0.05, 0) is 35.8 Å². The fourth-order valence-corrected chi connectivity index (χ4v) is 4.00. The summed E-state index contributed by atoms with van der Waals surface area (Å²) in [7, 11) is -0.295. The molecule has 3 unspecified atom stereocenters. The molecule has 0 fully saturated rings. The van der Waals surface area contributed by atoms with E-state index >= 15 is 0 Å². The van der Waals surface area contributed by atoms with Gasteiger partial charge in [0.15, 0.2) is 8.32 Å². The van der Waals surface area contributed by atoms with Crippen LogP contribution in [0.5, 0.6) is 5.75 Å². The van der Waals surface area contributed by atoms with Crippen molar-refractivity contribution in [1.29, 1.82) is 0 Å². The van der Waals surface area contributed by atoms with Crippen LogP contribution in [0.4, 0.5) is 0 Å². The van der Waals surface area contributed by atoms with Crippen molar-refractivity contribution < 1.29 is 18.7 Å². The van der Waals surface area contributed by atoms with E-state index in [1.54, 1.807) is 7.11 Å². The second-order valence-corrected chi connectivity index (χ2v) is 13.4. The first-order valence-electron chi connectivity index (χ1n) is 9.35. The molecule has 4 nitrogen and oxygen atoms in total. The number of benzene rings is 1. The molecule has 0 saturated carbocycles. The third kappa shape index (κ3) is 6.52. The number of carbonyl (C=O) groups excluding carboxylic acids is 1. The summed E-state index contributed by atoms with van der Waals surface area (Å²) >= 11 is 0. The summed E-state index contributed by atoms with van der Waals surface area (Å²) in [6.45, 7) is 16.2. The second-order valence-electron chi connectivity index (χ2n) is 8.68. The van der Waals surface area contributed by atoms with Crippen LogP contribution in [0.3, 0.4) is 0 Å². The Kier molecular flexibility index (Phi) is 8.51. The van der Waals surface area contributed by atoms with Gasteiger partial charge in [-0.2, -0.15) is 0 Å². The third-order valence-corrected chi connectivity index (χ3v) is 9.81. The lowest BCUT2D eigenvalue weighted by Crippen LogP contribution is -2.48. The maximum Gasteiger partial charge on any atom is 0.192 e. The van der Waals surface area contributed by atoms with Gasteiger partial charge in [0.25, 0.3) is 0 Å². The number of hydrogen-bond donors (Lipinski definition) is 0. The molecule has 148 valence electrons. The maximum absolute atomic E-state index is 11.4. The minimum Gasteiger partial charge on any atom is -0.497 e. The molecule has 0 N–H and O–H groups in total. The molecular formula is C21H36O4Si. The molecule has 26 heavy (non-hydrogen) atoms. The van der Waals surface area contributed by atoms with Gasteiger partial charge in [-0.25, -0.2) is 0 Å². The minimum atomic E-state index is -1.95. The average molecular weight is 381 g/mol. The molecule has 0 heterocycles. The molecule has 0 aliphatic rings. The number of hydrogen-bond acceptors (Lipinski definition) is 4. The van der Waals surface area contributed by atoms with Crippen LogP contribution in [0.1, 0.15) is 40.2 Å². The van der Waals surface area contributed by atoms with Crippen LogP contribution in [-0.2, 0) is 20.6 Å². The molecule has 0 bridgehead atoms. The van der Waals surface area contributed by atoms with Crippen LogP contribution >= 0.6 is 0 Å². The predicted octanol–water partition coefficient (Wildman–Crippen LogP) is 5.07. The zero-order valence-electron chi connectivity index (χ0n) is 17.7. The number of ether oxygens (including phenoxy) is 2. The summed E-state index contributed by atoms with van der Waals surface area (Å²) in [6.07, 6.45) is 0.877. The SMILES string of the molecule is COc1ccc(COCC(C)C(O[Si](C)(C)C(C)(C)C)C(C)C=O)cc1. The Morgan fingerprint density at radius 3 is 2.15 bits per heavy atom. The first-order valence-corrected chi connectivity index (χ1v) is 12.3. The van der Waals surface area contributed by atoms with E-state index in [1.165, 1.54) is 0 Å². The minimum absolute atomic E-state index is 0.109. The summed E-state index contributed by atoms with van der Waals surface area (Å²) in [5.74, 6) is 0.830. The first kappa shape index (κ1) is 22.9. The summed E-state index contributed by atoms with van der Waals surface area (Å²) < 4.78 is 17.6. The van der Waals surface area contributed by atoms with Crippen LogP contribution < -0.4 is 4.74 Å². The van der Waals surface area contributed by atoms with Gasteiger partial charge in [0.2, 0.25) is 0 Å². The van der Waals surface area contributed by atoms with Gasteiger partial charge < -0.3 is 18.7 Å². The fourth-order valence-electron chi connectivity index (χ4n) is 2.52. The molecule has 0 amide bonds. The number of methoxy groups -OCH3 is 1. The standard InChI is InChI=1S/C21H36O4Si/c1-16(13-22)20(25-26(7,8)21(3,4)5)17(2)14-24-15-18-9-11-19(23-6)12-10-18/h9-13,16-17,20H,14-15H2,1-8H3. The van der Waals surface area contributed by atoms with Crippen LogP contribution in [0.15, 0.2) is 24.3 Å². The van der Waals surface area contributed by atoms with Gasteiger partial charge in [0, 0.05) is 11.8 Å². The van der Waals surface area contributed by atoms with Gasteiger partial charge in [0.1, 0.15) is 12.0 Å². The van der Waals surface area contributed by atoms with Crippen LogP contribution in [0.25, 0.3) is 0 Å². The normalized spacial score (nSPS) is 16.0. The van der Waals surface area contributed by atoms with E-state index in [9.17, 15) is 4.79 Å². The highest BCUT2D eigenvalue weighted by atomic mass is 28.4. The van der Waals surface area contributed by atoms with Crippen LogP contribution in [-0.4, -0.2) is 34.4 Å². The Morgan fingerprint density at radius 1 is 1.12 bits per heavy atom. The number of carbonyl (C=O) groups is 1. The Morgan fingerprint density at radius 2 is 1.69 bits per heavy atom. The third-order valence-electron chi connectivity index (χ3n) is 5.34. The summed E-state index contributed by atoms with van der Waals surface area (Å²) in [5, 5.41) is 0.109. The molecule has 0 saturated heterocycles. The molecular weight excluding hydrogens is 344 g/mol. The predicted molar refractivity (Wildman–Crippen MR) is 109 cm³/mol. The van der Waals surface area contributed by atoms with Crippen molar-refractivity contribution in [1.82, 2.24) is 0 Å². The monoisotopic (exact) mass is 380 g/mol. The molecule has 1 rings (SSSR count). The van der Waals surface area contributed by atoms with E-state index < -0.39 is 8.32 Å². The van der Waals surface area contributed by atoms with Gasteiger partial charge >= 0.3 is 0 Å². The zero-order valence-corrected chi connectivity index (χ0v) is 18.7. The molecule has 0 aromatic heterocycles. The first-order chi connectivity index (χ1) is 12.0. The van der Waals surface area contributed by atoms with Crippen molar-refractivity contribution in [2.75, 3.05) is 13.7 Å². The fraction of sp³-hybridized carbons (Fsp3) is 0.667. The Labute approximate surface area is 160 Å². The van der Waals surface area contributed by atoms with Crippen molar-refractivity contribution in [3.8, 4) is 5.75 Å². The van der Waals surface area contributed by atoms with Crippen LogP contribution in [0, 0.1) is 11.8 Å². The highest BCUT2D eigenvalue weighted by molar-refractivity contribution is 6.74. The van der Waals surface area contributed by atoms with Crippen molar-refractivity contribution in [2.45, 2.75) is 65.5 Å². The second kappa shape index (κ2) is 9.67. The van der Waals surface area contributed by atoms with Crippen LogP contribution in [0.2, 0.25) is 18.1 Å². The van der Waals surface area contributed by atoms with Gasteiger partial charge in [-0.15, -0.1) is 0 Å². The van der Waals surface area contributed by atoms with Crippen molar-refractivity contribution in [3.05, 3.63) is 29.8 Å². The lowest BCUT2D eigenvalue weighted by Gasteiger charge is -2.42. The highest BCUT2D eigenvalue weighted by Gasteiger charge is 2.41. The van der Waals surface area contributed by atoms with E-state index in [1.807, 2.05) is 31.2 Å². The quantitative estimate of drug-likeness (QED) is 0.420. The van der Waals surface area contributed by atoms with E-state index in [-0.39, 0.29) is 23.0 Å². The molecule has 0 radical (unpaired) electrons. The summed E-state index contributed by atoms with van der Waals surface area (Å²) in [4.78, 5) is 11.4. The molecule has 1 aromatic carbocycles. The van der Waals surface area contributed by atoms with Crippen molar-refractivity contribution >= 4 is 14.6 Å². The largest absolute Gasteiger partial charge is 0.497 e. The molecule has 0 spiro atoms.